The van der Waals surface area contributed by atoms with Crippen molar-refractivity contribution >= 4 is 20.9 Å². The lowest BCUT2D eigenvalue weighted by Crippen LogP contribution is -2.12. The minimum Gasteiger partial charge on any atom is -0.266 e. The molecule has 0 bridgehead atoms. The maximum atomic E-state index is 13.8. The predicted molar refractivity (Wildman–Crippen MR) is 192 cm³/mol. The smallest absolute Gasteiger partial charge is 0.266 e. The van der Waals surface area contributed by atoms with Crippen molar-refractivity contribution in [2.45, 2.75) is 193 Å². The van der Waals surface area contributed by atoms with Crippen LogP contribution in [-0.2, 0) is 27.1 Å². The molecular weight excluding hydrogens is 561 g/mol. The molecule has 2 rings (SSSR count). The van der Waals surface area contributed by atoms with Gasteiger partial charge < -0.3 is 0 Å². The third-order valence-corrected chi connectivity index (χ3v) is 10.7. The summed E-state index contributed by atoms with van der Waals surface area (Å²) in [5.74, 6) is 0. The van der Waals surface area contributed by atoms with Crippen LogP contribution in [-0.4, -0.2) is 15.0 Å². The summed E-state index contributed by atoms with van der Waals surface area (Å²) in [6.45, 7) is 7.06. The van der Waals surface area contributed by atoms with E-state index in [2.05, 4.69) is 32.9 Å². The number of hydrogen-bond donors (Lipinski definition) is 0. The Balaban J connectivity index is 2.06. The molecule has 0 atom stereocenters. The fourth-order valence-corrected chi connectivity index (χ4v) is 7.92. The van der Waals surface area contributed by atoms with E-state index >= 15 is 0 Å². The lowest BCUT2D eigenvalue weighted by molar-refractivity contribution is 0.306. The Bertz CT molecular complexity index is 1090. The van der Waals surface area contributed by atoms with Gasteiger partial charge in [-0.2, -0.15) is 8.42 Å². The summed E-state index contributed by atoms with van der Waals surface area (Å²) in [4.78, 5) is 0.439. The van der Waals surface area contributed by atoms with E-state index in [1.807, 2.05) is 18.2 Å². The SMILES string of the molecule is CCCCCCCCCCCCOS(=O)(=O)c1c(CCCCCCCCC)cc(CCCCCCCCC)c2ccccc12. The standard InChI is InChI=1S/C40H68O3S/c1-4-7-10-13-16-17-18-21-24-29-34-43-44(41,42)40-37(31-26-23-20-15-12-9-6-3)35-36(38-32-27-28-33-39(38)40)30-25-22-19-14-11-8-5-2/h27-28,32-33,35H,4-26,29-31,34H2,1-3H3. The first-order valence-electron chi connectivity index (χ1n) is 19.0. The molecule has 0 aromatic heterocycles. The normalized spacial score (nSPS) is 12.0. The first-order chi connectivity index (χ1) is 21.5. The molecule has 0 heterocycles. The molecule has 2 aromatic carbocycles. The number of unbranched alkanes of at least 4 members (excludes halogenated alkanes) is 21. The molecular formula is C40H68O3S. The van der Waals surface area contributed by atoms with E-state index in [0.717, 1.165) is 67.7 Å². The molecule has 0 N–H and O–H groups in total. The van der Waals surface area contributed by atoms with Gasteiger partial charge in [-0.05, 0) is 48.6 Å². The van der Waals surface area contributed by atoms with Gasteiger partial charge in [0.2, 0.25) is 0 Å². The Hall–Kier alpha value is -1.39. The molecule has 0 amide bonds. The van der Waals surface area contributed by atoms with Crippen molar-refractivity contribution in [2.75, 3.05) is 6.61 Å². The van der Waals surface area contributed by atoms with Crippen molar-refractivity contribution < 1.29 is 12.6 Å². The molecule has 4 heteroatoms. The first kappa shape index (κ1) is 38.8. The van der Waals surface area contributed by atoms with Crippen molar-refractivity contribution in [1.29, 1.82) is 0 Å². The Morgan fingerprint density at radius 2 is 0.864 bits per heavy atom. The molecule has 252 valence electrons. The average Bonchev–Trinajstić information content (AvgIpc) is 3.02. The Labute approximate surface area is 273 Å². The van der Waals surface area contributed by atoms with E-state index in [1.54, 1.807) is 0 Å². The van der Waals surface area contributed by atoms with Crippen LogP contribution >= 0.6 is 0 Å². The van der Waals surface area contributed by atoms with Gasteiger partial charge in [-0.3, -0.25) is 4.18 Å². The topological polar surface area (TPSA) is 43.4 Å². The molecule has 0 spiro atoms. The predicted octanol–water partition coefficient (Wildman–Crippen LogP) is 13.1. The molecule has 0 aliphatic rings. The van der Waals surface area contributed by atoms with Crippen LogP contribution in [0.4, 0.5) is 0 Å². The summed E-state index contributed by atoms with van der Waals surface area (Å²) < 4.78 is 33.4. The second kappa shape index (κ2) is 24.8. The number of fused-ring (bicyclic) bond motifs is 1. The van der Waals surface area contributed by atoms with Crippen molar-refractivity contribution in [3.8, 4) is 0 Å². The second-order valence-corrected chi connectivity index (χ2v) is 14.8. The van der Waals surface area contributed by atoms with Gasteiger partial charge >= 0.3 is 0 Å². The van der Waals surface area contributed by atoms with Crippen molar-refractivity contribution in [3.05, 3.63) is 41.5 Å². The minimum atomic E-state index is -3.84. The van der Waals surface area contributed by atoms with Gasteiger partial charge in [-0.15, -0.1) is 0 Å². The largest absolute Gasteiger partial charge is 0.297 e. The minimum absolute atomic E-state index is 0.282. The third kappa shape index (κ3) is 15.7. The highest BCUT2D eigenvalue weighted by Crippen LogP contribution is 2.33. The zero-order valence-corrected chi connectivity index (χ0v) is 29.9. The highest BCUT2D eigenvalue weighted by Gasteiger charge is 2.24. The molecule has 0 saturated heterocycles. The van der Waals surface area contributed by atoms with Crippen molar-refractivity contribution in [2.24, 2.45) is 0 Å². The lowest BCUT2D eigenvalue weighted by atomic mass is 9.94. The van der Waals surface area contributed by atoms with Crippen LogP contribution < -0.4 is 0 Å². The van der Waals surface area contributed by atoms with Gasteiger partial charge in [0.1, 0.15) is 4.90 Å². The van der Waals surface area contributed by atoms with E-state index in [4.69, 9.17) is 4.18 Å². The van der Waals surface area contributed by atoms with E-state index < -0.39 is 10.1 Å². The Kier molecular flexibility index (Phi) is 21.9. The molecule has 0 radical (unpaired) electrons. The van der Waals surface area contributed by atoms with Gasteiger partial charge in [0.25, 0.3) is 10.1 Å². The molecule has 0 unspecified atom stereocenters. The highest BCUT2D eigenvalue weighted by atomic mass is 32.2. The second-order valence-electron chi connectivity index (χ2n) is 13.3. The van der Waals surface area contributed by atoms with Gasteiger partial charge in [-0.1, -0.05) is 186 Å². The number of rotatable bonds is 29. The number of benzene rings is 2. The fourth-order valence-electron chi connectivity index (χ4n) is 6.54. The molecule has 3 nitrogen and oxygen atoms in total. The molecule has 0 fully saturated rings. The molecule has 0 aliphatic carbocycles. The summed E-state index contributed by atoms with van der Waals surface area (Å²) in [5, 5.41) is 1.94. The highest BCUT2D eigenvalue weighted by molar-refractivity contribution is 7.87. The maximum absolute atomic E-state index is 13.8. The summed E-state index contributed by atoms with van der Waals surface area (Å²) in [6, 6.07) is 10.4. The van der Waals surface area contributed by atoms with Gasteiger partial charge in [0.15, 0.2) is 0 Å². The van der Waals surface area contributed by atoms with Crippen molar-refractivity contribution in [3.63, 3.8) is 0 Å². The molecule has 44 heavy (non-hydrogen) atoms. The fraction of sp³-hybridized carbons (Fsp3) is 0.750. The van der Waals surface area contributed by atoms with Crippen LogP contribution in [0.25, 0.3) is 10.8 Å². The maximum Gasteiger partial charge on any atom is 0.297 e. The average molecular weight is 629 g/mol. The monoisotopic (exact) mass is 628 g/mol. The van der Waals surface area contributed by atoms with Crippen LogP contribution in [0.2, 0.25) is 0 Å². The first-order valence-corrected chi connectivity index (χ1v) is 20.4. The summed E-state index contributed by atoms with van der Waals surface area (Å²) in [7, 11) is -3.84. The van der Waals surface area contributed by atoms with Crippen LogP contribution in [0.5, 0.6) is 0 Å². The molecule has 2 aromatic rings. The van der Waals surface area contributed by atoms with Gasteiger partial charge in [0.05, 0.1) is 6.61 Å². The molecule has 0 saturated carbocycles. The van der Waals surface area contributed by atoms with E-state index in [-0.39, 0.29) is 6.61 Å². The number of aryl methyl sites for hydroxylation is 2. The van der Waals surface area contributed by atoms with Crippen LogP contribution in [0.3, 0.4) is 0 Å². The van der Waals surface area contributed by atoms with Crippen LogP contribution in [0.15, 0.2) is 35.2 Å². The van der Waals surface area contributed by atoms with Gasteiger partial charge in [0, 0.05) is 5.39 Å². The van der Waals surface area contributed by atoms with Crippen molar-refractivity contribution in [1.82, 2.24) is 0 Å². The zero-order valence-electron chi connectivity index (χ0n) is 29.1. The quantitative estimate of drug-likeness (QED) is 0.0665. The third-order valence-electron chi connectivity index (χ3n) is 9.24. The van der Waals surface area contributed by atoms with E-state index in [0.29, 0.717) is 4.90 Å². The Morgan fingerprint density at radius 1 is 0.477 bits per heavy atom. The summed E-state index contributed by atoms with van der Waals surface area (Å²) in [6.07, 6.45) is 31.6. The Morgan fingerprint density at radius 3 is 1.34 bits per heavy atom. The summed E-state index contributed by atoms with van der Waals surface area (Å²) in [5.41, 5.74) is 2.28. The number of hydrogen-bond acceptors (Lipinski definition) is 3. The van der Waals surface area contributed by atoms with E-state index in [9.17, 15) is 8.42 Å². The van der Waals surface area contributed by atoms with Gasteiger partial charge in [-0.25, -0.2) is 0 Å². The lowest BCUT2D eigenvalue weighted by Gasteiger charge is -2.17. The van der Waals surface area contributed by atoms with Crippen LogP contribution in [0, 0.1) is 0 Å². The van der Waals surface area contributed by atoms with Crippen LogP contribution in [0.1, 0.15) is 186 Å². The molecule has 0 aliphatic heterocycles. The summed E-state index contributed by atoms with van der Waals surface area (Å²) >= 11 is 0. The van der Waals surface area contributed by atoms with E-state index in [1.165, 1.54) is 121 Å². The zero-order chi connectivity index (χ0) is 31.7.